The van der Waals surface area contributed by atoms with Crippen molar-refractivity contribution in [3.63, 3.8) is 0 Å². The number of benzene rings is 1. The van der Waals surface area contributed by atoms with E-state index in [-0.39, 0.29) is 0 Å². The van der Waals surface area contributed by atoms with E-state index < -0.39 is 0 Å². The third kappa shape index (κ3) is 3.50. The molecule has 116 valence electrons. The highest BCUT2D eigenvalue weighted by molar-refractivity contribution is 6.31. The maximum Gasteiger partial charge on any atom is 0.136 e. The van der Waals surface area contributed by atoms with Crippen LogP contribution in [0.4, 0.5) is 17.3 Å². The number of halogens is 1. The molecule has 1 aromatic carbocycles. The van der Waals surface area contributed by atoms with Gasteiger partial charge in [-0.05, 0) is 50.8 Å². The minimum absolute atomic E-state index is 0.757. The van der Waals surface area contributed by atoms with Crippen LogP contribution in [0.5, 0.6) is 0 Å². The molecule has 1 aliphatic rings. The quantitative estimate of drug-likeness (QED) is 0.906. The molecule has 1 aromatic heterocycles. The first kappa shape index (κ1) is 15.1. The second-order valence-corrected chi connectivity index (χ2v) is 6.20. The number of hydrogen-bond acceptors (Lipinski definition) is 4. The lowest BCUT2D eigenvalue weighted by molar-refractivity contribution is 0.572. The van der Waals surface area contributed by atoms with Crippen LogP contribution in [0.25, 0.3) is 0 Å². The lowest BCUT2D eigenvalue weighted by Crippen LogP contribution is -2.30. The van der Waals surface area contributed by atoms with Crippen molar-refractivity contribution in [1.82, 2.24) is 9.97 Å². The molecule has 1 aliphatic heterocycles. The molecule has 0 aliphatic carbocycles. The van der Waals surface area contributed by atoms with Crippen molar-refractivity contribution in [2.45, 2.75) is 33.1 Å². The Morgan fingerprint density at radius 3 is 2.55 bits per heavy atom. The molecule has 5 heteroatoms. The molecule has 1 saturated heterocycles. The van der Waals surface area contributed by atoms with E-state index in [0.717, 1.165) is 46.8 Å². The van der Waals surface area contributed by atoms with Gasteiger partial charge in [0.05, 0.1) is 0 Å². The van der Waals surface area contributed by atoms with Crippen LogP contribution in [-0.2, 0) is 0 Å². The minimum Gasteiger partial charge on any atom is -0.356 e. The number of hydrogen-bond donors (Lipinski definition) is 1. The van der Waals surface area contributed by atoms with Crippen molar-refractivity contribution in [2.24, 2.45) is 0 Å². The van der Waals surface area contributed by atoms with Crippen molar-refractivity contribution >= 4 is 28.9 Å². The second kappa shape index (κ2) is 6.53. The fourth-order valence-corrected chi connectivity index (χ4v) is 2.90. The van der Waals surface area contributed by atoms with Gasteiger partial charge in [-0.2, -0.15) is 0 Å². The molecular formula is C17H21ClN4. The number of aromatic nitrogens is 2. The van der Waals surface area contributed by atoms with Crippen LogP contribution in [0.1, 0.15) is 30.7 Å². The summed E-state index contributed by atoms with van der Waals surface area (Å²) in [4.78, 5) is 11.4. The highest BCUT2D eigenvalue weighted by Crippen LogP contribution is 2.25. The number of nitrogens with one attached hydrogen (secondary N) is 1. The van der Waals surface area contributed by atoms with E-state index >= 15 is 0 Å². The van der Waals surface area contributed by atoms with E-state index in [9.17, 15) is 0 Å². The van der Waals surface area contributed by atoms with E-state index in [0.29, 0.717) is 0 Å². The summed E-state index contributed by atoms with van der Waals surface area (Å²) < 4.78 is 0. The number of aryl methyl sites for hydroxylation is 2. The maximum absolute atomic E-state index is 6.18. The number of piperidine rings is 1. The summed E-state index contributed by atoms with van der Waals surface area (Å²) in [6, 6.07) is 7.96. The molecule has 1 fully saturated rings. The Bertz CT molecular complexity index is 666. The molecule has 1 N–H and O–H groups in total. The topological polar surface area (TPSA) is 41.1 Å². The summed E-state index contributed by atoms with van der Waals surface area (Å²) in [6.07, 6.45) is 3.78. The van der Waals surface area contributed by atoms with Gasteiger partial charge in [-0.3, -0.25) is 0 Å². The van der Waals surface area contributed by atoms with Crippen molar-refractivity contribution in [3.8, 4) is 0 Å². The predicted molar refractivity (Wildman–Crippen MR) is 92.3 cm³/mol. The minimum atomic E-state index is 0.757. The van der Waals surface area contributed by atoms with Crippen LogP contribution in [0.15, 0.2) is 24.3 Å². The average Bonchev–Trinajstić information content (AvgIpc) is 2.51. The van der Waals surface area contributed by atoms with Gasteiger partial charge in [0.25, 0.3) is 0 Å². The molecule has 0 atom stereocenters. The fourth-order valence-electron chi connectivity index (χ4n) is 2.72. The summed E-state index contributed by atoms with van der Waals surface area (Å²) >= 11 is 6.18. The van der Waals surface area contributed by atoms with Gasteiger partial charge in [-0.25, -0.2) is 9.97 Å². The first-order valence-corrected chi connectivity index (χ1v) is 8.13. The van der Waals surface area contributed by atoms with Crippen LogP contribution in [0, 0.1) is 13.8 Å². The molecule has 0 radical (unpaired) electrons. The molecule has 0 bridgehead atoms. The van der Waals surface area contributed by atoms with Gasteiger partial charge >= 0.3 is 0 Å². The molecule has 0 amide bonds. The Kier molecular flexibility index (Phi) is 4.48. The van der Waals surface area contributed by atoms with Crippen LogP contribution >= 0.6 is 11.6 Å². The highest BCUT2D eigenvalue weighted by Gasteiger charge is 2.14. The third-order valence-corrected chi connectivity index (χ3v) is 4.36. The van der Waals surface area contributed by atoms with Gasteiger partial charge < -0.3 is 10.2 Å². The van der Waals surface area contributed by atoms with E-state index in [1.54, 1.807) is 0 Å². The Morgan fingerprint density at radius 2 is 1.82 bits per heavy atom. The Balaban J connectivity index is 1.83. The van der Waals surface area contributed by atoms with Crippen molar-refractivity contribution < 1.29 is 0 Å². The van der Waals surface area contributed by atoms with E-state index in [2.05, 4.69) is 20.2 Å². The van der Waals surface area contributed by atoms with Gasteiger partial charge in [0.1, 0.15) is 17.5 Å². The predicted octanol–water partition coefficient (Wildman–Crippen LogP) is 4.48. The van der Waals surface area contributed by atoms with Gasteiger partial charge in [0, 0.05) is 29.9 Å². The van der Waals surface area contributed by atoms with Gasteiger partial charge in [0.2, 0.25) is 0 Å². The molecule has 0 saturated carbocycles. The van der Waals surface area contributed by atoms with Crippen LogP contribution in [0.3, 0.4) is 0 Å². The fraction of sp³-hybridized carbons (Fsp3) is 0.412. The Morgan fingerprint density at radius 1 is 1.05 bits per heavy atom. The molecule has 4 nitrogen and oxygen atoms in total. The zero-order chi connectivity index (χ0) is 15.5. The van der Waals surface area contributed by atoms with E-state index in [4.69, 9.17) is 11.6 Å². The van der Waals surface area contributed by atoms with Crippen LogP contribution < -0.4 is 10.2 Å². The number of anilines is 3. The smallest absolute Gasteiger partial charge is 0.136 e. The Hall–Kier alpha value is -1.81. The molecule has 2 aromatic rings. The zero-order valence-corrected chi connectivity index (χ0v) is 13.8. The summed E-state index contributed by atoms with van der Waals surface area (Å²) in [5, 5.41) is 4.09. The van der Waals surface area contributed by atoms with Gasteiger partial charge in [-0.15, -0.1) is 0 Å². The third-order valence-electron chi connectivity index (χ3n) is 3.95. The molecule has 2 heterocycles. The van der Waals surface area contributed by atoms with Crippen molar-refractivity contribution in [3.05, 3.63) is 40.7 Å². The molecule has 3 rings (SSSR count). The second-order valence-electron chi connectivity index (χ2n) is 5.80. The monoisotopic (exact) mass is 316 g/mol. The standard InChI is InChI=1S/C17H21ClN4/c1-12-6-7-14(10-15(12)18)21-16-11-17(20-13(2)19-16)22-8-4-3-5-9-22/h6-7,10-11H,3-5,8-9H2,1-2H3,(H,19,20,21). The van der Waals surface area contributed by atoms with Crippen LogP contribution in [0.2, 0.25) is 5.02 Å². The number of nitrogens with zero attached hydrogens (tertiary/aromatic N) is 3. The zero-order valence-electron chi connectivity index (χ0n) is 13.1. The summed E-state index contributed by atoms with van der Waals surface area (Å²) in [5.41, 5.74) is 2.01. The lowest BCUT2D eigenvalue weighted by Gasteiger charge is -2.28. The summed E-state index contributed by atoms with van der Waals surface area (Å²) in [6.45, 7) is 6.08. The molecular weight excluding hydrogens is 296 g/mol. The summed E-state index contributed by atoms with van der Waals surface area (Å²) in [7, 11) is 0. The molecule has 0 unspecified atom stereocenters. The van der Waals surface area contributed by atoms with Crippen molar-refractivity contribution in [2.75, 3.05) is 23.3 Å². The SMILES string of the molecule is Cc1nc(Nc2ccc(C)c(Cl)c2)cc(N2CCCCC2)n1. The Labute approximate surface area is 136 Å². The largest absolute Gasteiger partial charge is 0.356 e. The number of rotatable bonds is 3. The first-order valence-electron chi connectivity index (χ1n) is 7.75. The van der Waals surface area contributed by atoms with Crippen molar-refractivity contribution in [1.29, 1.82) is 0 Å². The van der Waals surface area contributed by atoms with E-state index in [1.165, 1.54) is 19.3 Å². The summed E-state index contributed by atoms with van der Waals surface area (Å²) in [5.74, 6) is 2.60. The van der Waals surface area contributed by atoms with Gasteiger partial charge in [0.15, 0.2) is 0 Å². The van der Waals surface area contributed by atoms with Crippen LogP contribution in [-0.4, -0.2) is 23.1 Å². The molecule has 22 heavy (non-hydrogen) atoms. The van der Waals surface area contributed by atoms with E-state index in [1.807, 2.05) is 38.1 Å². The normalized spacial score (nSPS) is 15.0. The van der Waals surface area contributed by atoms with Gasteiger partial charge in [-0.1, -0.05) is 17.7 Å². The highest BCUT2D eigenvalue weighted by atomic mass is 35.5. The maximum atomic E-state index is 6.18. The molecule has 0 spiro atoms. The lowest BCUT2D eigenvalue weighted by atomic mass is 10.1. The first-order chi connectivity index (χ1) is 10.6. The average molecular weight is 317 g/mol.